The molecular formula is C18H38O11P4. The third-order valence-corrected chi connectivity index (χ3v) is 12.7. The van der Waals surface area contributed by atoms with Gasteiger partial charge in [-0.3, -0.25) is 18.2 Å². The predicted octanol–water partition coefficient (Wildman–Crippen LogP) is 4.32. The van der Waals surface area contributed by atoms with Crippen LogP contribution in [0.2, 0.25) is 0 Å². The molecule has 0 spiro atoms. The van der Waals surface area contributed by atoms with Gasteiger partial charge in [-0.25, -0.2) is 4.57 Å². The van der Waals surface area contributed by atoms with E-state index < -0.39 is 52.6 Å². The molecule has 0 aromatic carbocycles. The van der Waals surface area contributed by atoms with Crippen molar-refractivity contribution >= 4 is 31.4 Å². The highest BCUT2D eigenvalue weighted by atomic mass is 32.0. The molecule has 10 atom stereocenters. The van der Waals surface area contributed by atoms with Crippen LogP contribution in [0.15, 0.2) is 0 Å². The van der Waals surface area contributed by atoms with Gasteiger partial charge in [-0.1, -0.05) is 27.7 Å². The highest BCUT2D eigenvalue weighted by molar-refractivity contribution is 8.15. The molecule has 2 heterocycles. The van der Waals surface area contributed by atoms with Crippen LogP contribution in [0.25, 0.3) is 0 Å². The molecule has 0 aliphatic carbocycles. The molecule has 11 nitrogen and oxygen atoms in total. The third kappa shape index (κ3) is 9.00. The summed E-state index contributed by atoms with van der Waals surface area (Å²) in [5, 5.41) is 0. The van der Waals surface area contributed by atoms with Crippen molar-refractivity contribution in [3.63, 3.8) is 0 Å². The minimum absolute atomic E-state index is 0.0614. The van der Waals surface area contributed by atoms with E-state index in [4.69, 9.17) is 27.6 Å². The van der Waals surface area contributed by atoms with E-state index in [0.29, 0.717) is 12.8 Å². The van der Waals surface area contributed by atoms with E-state index in [0.717, 1.165) is 0 Å². The first kappa shape index (κ1) is 30.0. The molecule has 0 aromatic rings. The summed E-state index contributed by atoms with van der Waals surface area (Å²) in [6.07, 6.45) is -2.92. The standard InChI is InChI=1S/C18H38O11P4/c1-11(2)31(19,20)28-15-7-13(5)27-18(15)10-25-33(22,23)29-16-8-14(6)26-17(16)9-24-32(21,30)12(3)4/h11-18H,7-10,30H2,1-6H3,(H,19,20)(H,22,23)/t13-,14-,15-,16-,17+,18+,32?/m0/s1. The van der Waals surface area contributed by atoms with E-state index in [2.05, 4.69) is 8.93 Å². The molecule has 2 N–H and O–H groups in total. The van der Waals surface area contributed by atoms with Crippen LogP contribution in [0, 0.1) is 0 Å². The fourth-order valence-corrected chi connectivity index (χ4v) is 6.13. The maximum absolute atomic E-state index is 12.6. The molecule has 0 saturated carbocycles. The Kier molecular flexibility index (Phi) is 10.8. The van der Waals surface area contributed by atoms with Gasteiger partial charge in [0.25, 0.3) is 0 Å². The number of hydrogen-bond acceptors (Lipinski definition) is 9. The topological polar surface area (TPSA) is 147 Å². The Morgan fingerprint density at radius 3 is 1.76 bits per heavy atom. The van der Waals surface area contributed by atoms with Crippen molar-refractivity contribution in [2.75, 3.05) is 13.2 Å². The van der Waals surface area contributed by atoms with Crippen molar-refractivity contribution in [3.8, 4) is 0 Å². The van der Waals surface area contributed by atoms with Crippen LogP contribution in [0.1, 0.15) is 54.4 Å². The zero-order chi connectivity index (χ0) is 25.2. The first-order valence-corrected chi connectivity index (χ1v) is 17.5. The van der Waals surface area contributed by atoms with Crippen LogP contribution >= 0.6 is 31.4 Å². The monoisotopic (exact) mass is 554 g/mol. The first-order chi connectivity index (χ1) is 15.0. The lowest BCUT2D eigenvalue weighted by Crippen LogP contribution is -2.31. The lowest BCUT2D eigenvalue weighted by atomic mass is 10.1. The molecule has 0 bridgehead atoms. The third-order valence-electron chi connectivity index (χ3n) is 5.54. The second-order valence-corrected chi connectivity index (χ2v) is 17.7. The second kappa shape index (κ2) is 11.9. The first-order valence-electron chi connectivity index (χ1n) is 11.0. The van der Waals surface area contributed by atoms with Crippen LogP contribution in [0.3, 0.4) is 0 Å². The van der Waals surface area contributed by atoms with E-state index >= 15 is 0 Å². The summed E-state index contributed by atoms with van der Waals surface area (Å²) >= 11 is 0. The Morgan fingerprint density at radius 1 is 0.848 bits per heavy atom. The molecule has 196 valence electrons. The number of hydrogen-bond donors (Lipinski definition) is 2. The van der Waals surface area contributed by atoms with Crippen LogP contribution < -0.4 is 0 Å². The van der Waals surface area contributed by atoms with E-state index in [1.807, 2.05) is 0 Å². The van der Waals surface area contributed by atoms with Gasteiger partial charge in [-0.05, 0) is 22.8 Å². The van der Waals surface area contributed by atoms with Crippen LogP contribution in [0.4, 0.5) is 0 Å². The zero-order valence-electron chi connectivity index (χ0n) is 19.9. The summed E-state index contributed by atoms with van der Waals surface area (Å²) in [4.78, 5) is 20.3. The lowest BCUT2D eigenvalue weighted by molar-refractivity contribution is -0.0301. The van der Waals surface area contributed by atoms with Crippen molar-refractivity contribution in [1.82, 2.24) is 0 Å². The van der Waals surface area contributed by atoms with Gasteiger partial charge in [0.1, 0.15) is 18.3 Å². The maximum atomic E-state index is 12.6. The molecule has 0 amide bonds. The Hall–Kier alpha value is 0.800. The Labute approximate surface area is 198 Å². The number of ether oxygens (including phenoxy) is 2. The molecule has 2 saturated heterocycles. The normalized spacial score (nSPS) is 36.1. The molecule has 15 heteroatoms. The predicted molar refractivity (Wildman–Crippen MR) is 127 cm³/mol. The van der Waals surface area contributed by atoms with Gasteiger partial charge in [0.2, 0.25) is 7.06 Å². The van der Waals surface area contributed by atoms with Crippen molar-refractivity contribution in [2.24, 2.45) is 0 Å². The SMILES string of the molecule is CC(C)P(=O)(O)O[C@H]1C[C@H](C)O[C@@H]1COP(=O)(O)O[C@H]1C[C@H](C)O[C@@H]1COP(=O)(P)C(C)C. The van der Waals surface area contributed by atoms with Gasteiger partial charge in [0, 0.05) is 18.5 Å². The van der Waals surface area contributed by atoms with Gasteiger partial charge in [-0.15, -0.1) is 0 Å². The van der Waals surface area contributed by atoms with E-state index in [-0.39, 0.29) is 31.1 Å². The average Bonchev–Trinajstić information content (AvgIpc) is 3.18. The second-order valence-electron chi connectivity index (χ2n) is 9.19. The van der Waals surface area contributed by atoms with Gasteiger partial charge >= 0.3 is 15.4 Å². The van der Waals surface area contributed by atoms with Gasteiger partial charge in [0.15, 0.2) is 0 Å². The van der Waals surface area contributed by atoms with Gasteiger partial charge < -0.3 is 28.3 Å². The lowest BCUT2D eigenvalue weighted by Gasteiger charge is -2.26. The Bertz CT molecular complexity index is 791. The number of rotatable bonds is 12. The average molecular weight is 554 g/mol. The van der Waals surface area contributed by atoms with Crippen LogP contribution in [-0.4, -0.2) is 70.9 Å². The summed E-state index contributed by atoms with van der Waals surface area (Å²) in [5.41, 5.74) is -0.805. The van der Waals surface area contributed by atoms with Gasteiger partial charge in [0.05, 0.1) is 37.2 Å². The van der Waals surface area contributed by atoms with Crippen molar-refractivity contribution in [1.29, 1.82) is 0 Å². The molecule has 4 unspecified atom stereocenters. The summed E-state index contributed by atoms with van der Waals surface area (Å²) in [5.74, 6) is 0. The fourth-order valence-electron chi connectivity index (χ4n) is 3.38. The summed E-state index contributed by atoms with van der Waals surface area (Å²) < 4.78 is 70.1. The molecule has 0 aromatic heterocycles. The Balaban J connectivity index is 1.95. The maximum Gasteiger partial charge on any atom is 0.472 e. The van der Waals surface area contributed by atoms with Crippen LogP contribution in [-0.2, 0) is 41.3 Å². The zero-order valence-corrected chi connectivity index (χ0v) is 23.8. The van der Waals surface area contributed by atoms with Crippen molar-refractivity contribution in [3.05, 3.63) is 0 Å². The van der Waals surface area contributed by atoms with E-state index in [9.17, 15) is 23.5 Å². The smallest absolute Gasteiger partial charge is 0.370 e. The minimum Gasteiger partial charge on any atom is -0.370 e. The molecule has 2 aliphatic heterocycles. The summed E-state index contributed by atoms with van der Waals surface area (Å²) in [7, 11) is -9.10. The fraction of sp³-hybridized carbons (Fsp3) is 1.00. The molecule has 2 fully saturated rings. The van der Waals surface area contributed by atoms with E-state index in [1.165, 1.54) is 0 Å². The minimum atomic E-state index is -4.53. The largest absolute Gasteiger partial charge is 0.472 e. The Morgan fingerprint density at radius 2 is 1.30 bits per heavy atom. The quantitative estimate of drug-likeness (QED) is 0.333. The highest BCUT2D eigenvalue weighted by Crippen LogP contribution is 2.60. The molecule has 2 aliphatic rings. The highest BCUT2D eigenvalue weighted by Gasteiger charge is 2.43. The van der Waals surface area contributed by atoms with Crippen molar-refractivity contribution in [2.45, 2.75) is 102 Å². The van der Waals surface area contributed by atoms with Crippen LogP contribution in [0.5, 0.6) is 0 Å². The molecule has 0 radical (unpaired) electrons. The number of phosphoric ester groups is 1. The summed E-state index contributed by atoms with van der Waals surface area (Å²) in [6.45, 7) is 9.83. The summed E-state index contributed by atoms with van der Waals surface area (Å²) in [6, 6.07) is 0. The molecule has 2 rings (SSSR count). The van der Waals surface area contributed by atoms with Gasteiger partial charge in [-0.2, -0.15) is 0 Å². The molecular weight excluding hydrogens is 516 g/mol. The number of phosphoric acid groups is 1. The van der Waals surface area contributed by atoms with Crippen molar-refractivity contribution < 1.29 is 51.1 Å². The molecule has 33 heavy (non-hydrogen) atoms. The van der Waals surface area contributed by atoms with E-state index in [1.54, 1.807) is 41.5 Å².